The molecule has 0 radical (unpaired) electrons. The zero-order valence-electron chi connectivity index (χ0n) is 10.6. The number of carboxylic acid groups (broad SMARTS) is 1. The molecule has 0 fully saturated rings. The first-order chi connectivity index (χ1) is 9.79. The van der Waals surface area contributed by atoms with Crippen LogP contribution in [-0.4, -0.2) is 16.2 Å². The SMILES string of the molecule is O=C(O)[C@@H](O)c1ccc(-c2ccc(C(F)(F)F)cc2)cc1. The molecule has 2 aromatic rings. The summed E-state index contributed by atoms with van der Waals surface area (Å²) in [5.74, 6) is -1.36. The molecule has 0 saturated carbocycles. The molecule has 6 heteroatoms. The van der Waals surface area contributed by atoms with Gasteiger partial charge < -0.3 is 10.2 Å². The fourth-order valence-corrected chi connectivity index (χ4v) is 1.85. The van der Waals surface area contributed by atoms with E-state index < -0.39 is 23.8 Å². The van der Waals surface area contributed by atoms with Crippen molar-refractivity contribution in [3.63, 3.8) is 0 Å². The van der Waals surface area contributed by atoms with Gasteiger partial charge in [0.1, 0.15) is 0 Å². The van der Waals surface area contributed by atoms with Crippen LogP contribution in [-0.2, 0) is 11.0 Å². The zero-order valence-corrected chi connectivity index (χ0v) is 10.6. The van der Waals surface area contributed by atoms with Gasteiger partial charge in [0.2, 0.25) is 0 Å². The fraction of sp³-hybridized carbons (Fsp3) is 0.133. The first kappa shape index (κ1) is 15.1. The van der Waals surface area contributed by atoms with E-state index in [9.17, 15) is 23.1 Å². The van der Waals surface area contributed by atoms with Crippen LogP contribution in [0, 0.1) is 0 Å². The normalized spacial score (nSPS) is 13.0. The van der Waals surface area contributed by atoms with E-state index in [0.717, 1.165) is 12.1 Å². The maximum Gasteiger partial charge on any atom is 0.416 e. The Morgan fingerprint density at radius 3 is 1.71 bits per heavy atom. The summed E-state index contributed by atoms with van der Waals surface area (Å²) in [5, 5.41) is 18.0. The summed E-state index contributed by atoms with van der Waals surface area (Å²) >= 11 is 0. The van der Waals surface area contributed by atoms with E-state index in [-0.39, 0.29) is 5.56 Å². The third kappa shape index (κ3) is 3.41. The molecule has 110 valence electrons. The molecule has 1 atom stereocenters. The van der Waals surface area contributed by atoms with Crippen LogP contribution in [0.15, 0.2) is 48.5 Å². The van der Waals surface area contributed by atoms with Crippen molar-refractivity contribution in [2.45, 2.75) is 12.3 Å². The van der Waals surface area contributed by atoms with Gasteiger partial charge in [-0.15, -0.1) is 0 Å². The van der Waals surface area contributed by atoms with E-state index in [1.807, 2.05) is 0 Å². The Labute approximate surface area is 118 Å². The molecule has 0 amide bonds. The molecule has 0 aliphatic heterocycles. The fourth-order valence-electron chi connectivity index (χ4n) is 1.85. The van der Waals surface area contributed by atoms with E-state index in [1.165, 1.54) is 24.3 Å². The van der Waals surface area contributed by atoms with Gasteiger partial charge in [0.05, 0.1) is 5.56 Å². The Kier molecular flexibility index (Phi) is 3.99. The highest BCUT2D eigenvalue weighted by molar-refractivity contribution is 5.74. The standard InChI is InChI=1S/C15H11F3O3/c16-15(17,18)12-7-5-10(6-8-12)9-1-3-11(4-2-9)13(19)14(20)21/h1-8,13,19H,(H,20,21)/t13-/m0/s1. The van der Waals surface area contributed by atoms with Gasteiger partial charge in [-0.05, 0) is 28.8 Å². The second-order valence-electron chi connectivity index (χ2n) is 4.44. The average molecular weight is 296 g/mol. The smallest absolute Gasteiger partial charge is 0.416 e. The second kappa shape index (κ2) is 5.57. The summed E-state index contributed by atoms with van der Waals surface area (Å²) in [6.45, 7) is 0. The highest BCUT2D eigenvalue weighted by atomic mass is 19.4. The van der Waals surface area contributed by atoms with Gasteiger partial charge in [-0.3, -0.25) is 0 Å². The van der Waals surface area contributed by atoms with Gasteiger partial charge in [0.25, 0.3) is 0 Å². The number of aliphatic carboxylic acids is 1. The lowest BCUT2D eigenvalue weighted by Crippen LogP contribution is -2.10. The minimum atomic E-state index is -4.38. The highest BCUT2D eigenvalue weighted by Gasteiger charge is 2.29. The van der Waals surface area contributed by atoms with Crippen molar-refractivity contribution in [3.05, 3.63) is 59.7 Å². The number of halogens is 3. The molecule has 0 saturated heterocycles. The van der Waals surface area contributed by atoms with Crippen molar-refractivity contribution >= 4 is 5.97 Å². The summed E-state index contributed by atoms with van der Waals surface area (Å²) in [6.07, 6.45) is -6.00. The lowest BCUT2D eigenvalue weighted by Gasteiger charge is -2.09. The molecule has 0 aliphatic carbocycles. The Balaban J connectivity index is 2.25. The van der Waals surface area contributed by atoms with Gasteiger partial charge in [0, 0.05) is 0 Å². The molecule has 3 nitrogen and oxygen atoms in total. The van der Waals surface area contributed by atoms with Crippen LogP contribution in [0.4, 0.5) is 13.2 Å². The number of aliphatic hydroxyl groups is 1. The second-order valence-corrected chi connectivity index (χ2v) is 4.44. The summed E-state index contributed by atoms with van der Waals surface area (Å²) < 4.78 is 37.4. The van der Waals surface area contributed by atoms with E-state index in [1.54, 1.807) is 12.1 Å². The molecule has 2 rings (SSSR count). The molecular formula is C15H11F3O3. The molecule has 0 unspecified atom stereocenters. The quantitative estimate of drug-likeness (QED) is 0.911. The van der Waals surface area contributed by atoms with Crippen LogP contribution in [0.1, 0.15) is 17.2 Å². The summed E-state index contributed by atoms with van der Waals surface area (Å²) in [6, 6.07) is 10.6. The van der Waals surface area contributed by atoms with Crippen molar-refractivity contribution in [1.29, 1.82) is 0 Å². The number of carboxylic acids is 1. The third-order valence-electron chi connectivity index (χ3n) is 3.01. The highest BCUT2D eigenvalue weighted by Crippen LogP contribution is 2.31. The first-order valence-electron chi connectivity index (χ1n) is 5.97. The number of alkyl halides is 3. The minimum absolute atomic E-state index is 0.207. The number of hydrogen-bond acceptors (Lipinski definition) is 2. The minimum Gasteiger partial charge on any atom is -0.479 e. The monoisotopic (exact) mass is 296 g/mol. The number of aliphatic hydroxyl groups excluding tert-OH is 1. The molecule has 2 aromatic carbocycles. The number of benzene rings is 2. The van der Waals surface area contributed by atoms with Crippen LogP contribution in [0.3, 0.4) is 0 Å². The molecule has 0 bridgehead atoms. The lowest BCUT2D eigenvalue weighted by molar-refractivity contribution is -0.147. The topological polar surface area (TPSA) is 57.5 Å². The molecule has 0 heterocycles. The van der Waals surface area contributed by atoms with Crippen molar-refractivity contribution in [2.24, 2.45) is 0 Å². The average Bonchev–Trinajstić information content (AvgIpc) is 2.46. The summed E-state index contributed by atoms with van der Waals surface area (Å²) in [4.78, 5) is 10.6. The third-order valence-corrected chi connectivity index (χ3v) is 3.01. The van der Waals surface area contributed by atoms with Crippen molar-refractivity contribution < 1.29 is 28.2 Å². The molecule has 21 heavy (non-hydrogen) atoms. The van der Waals surface area contributed by atoms with Crippen LogP contribution >= 0.6 is 0 Å². The maximum absolute atomic E-state index is 12.5. The van der Waals surface area contributed by atoms with Crippen LogP contribution in [0.2, 0.25) is 0 Å². The largest absolute Gasteiger partial charge is 0.479 e. The van der Waals surface area contributed by atoms with Gasteiger partial charge in [-0.2, -0.15) is 13.2 Å². The Hall–Kier alpha value is -2.34. The summed E-state index contributed by atoms with van der Waals surface area (Å²) in [5.41, 5.74) is 0.673. The zero-order chi connectivity index (χ0) is 15.6. The molecular weight excluding hydrogens is 285 g/mol. The number of hydrogen-bond donors (Lipinski definition) is 2. The van der Waals surface area contributed by atoms with Crippen molar-refractivity contribution in [2.75, 3.05) is 0 Å². The van der Waals surface area contributed by atoms with Gasteiger partial charge in [-0.25, -0.2) is 4.79 Å². The number of rotatable bonds is 3. The molecule has 0 aliphatic rings. The predicted octanol–water partition coefficient (Wildman–Crippen LogP) is 3.49. The lowest BCUT2D eigenvalue weighted by atomic mass is 10.0. The maximum atomic E-state index is 12.5. The van der Waals surface area contributed by atoms with Gasteiger partial charge in [0.15, 0.2) is 6.10 Å². The Bertz CT molecular complexity index is 631. The molecule has 0 spiro atoms. The van der Waals surface area contributed by atoms with E-state index in [0.29, 0.717) is 11.1 Å². The van der Waals surface area contributed by atoms with E-state index in [4.69, 9.17) is 5.11 Å². The first-order valence-corrected chi connectivity index (χ1v) is 5.97. The van der Waals surface area contributed by atoms with Crippen molar-refractivity contribution in [3.8, 4) is 11.1 Å². The molecule has 2 N–H and O–H groups in total. The van der Waals surface area contributed by atoms with Crippen LogP contribution < -0.4 is 0 Å². The number of carbonyl (C=O) groups is 1. The summed E-state index contributed by atoms with van der Waals surface area (Å²) in [7, 11) is 0. The Morgan fingerprint density at radius 2 is 1.33 bits per heavy atom. The van der Waals surface area contributed by atoms with Crippen LogP contribution in [0.5, 0.6) is 0 Å². The Morgan fingerprint density at radius 1 is 0.905 bits per heavy atom. The van der Waals surface area contributed by atoms with Crippen molar-refractivity contribution in [1.82, 2.24) is 0 Å². The van der Waals surface area contributed by atoms with Gasteiger partial charge in [-0.1, -0.05) is 36.4 Å². The van der Waals surface area contributed by atoms with E-state index in [2.05, 4.69) is 0 Å². The van der Waals surface area contributed by atoms with Crippen LogP contribution in [0.25, 0.3) is 11.1 Å². The van der Waals surface area contributed by atoms with E-state index >= 15 is 0 Å². The van der Waals surface area contributed by atoms with Gasteiger partial charge >= 0.3 is 12.1 Å². The predicted molar refractivity (Wildman–Crippen MR) is 69.5 cm³/mol. The molecule has 0 aromatic heterocycles.